The maximum atomic E-state index is 9.94. The molecule has 1 unspecified atom stereocenters. The minimum absolute atomic E-state index is 0.456. The molecule has 1 aromatic heterocycles. The predicted molar refractivity (Wildman–Crippen MR) is 77.3 cm³/mol. The van der Waals surface area contributed by atoms with Crippen molar-refractivity contribution in [2.24, 2.45) is 0 Å². The Morgan fingerprint density at radius 3 is 2.84 bits per heavy atom. The molecule has 0 aliphatic rings. The van der Waals surface area contributed by atoms with Gasteiger partial charge in [-0.15, -0.1) is 0 Å². The van der Waals surface area contributed by atoms with E-state index >= 15 is 0 Å². The number of aliphatic hydroxyl groups is 1. The summed E-state index contributed by atoms with van der Waals surface area (Å²) in [5, 5.41) is 17.3. The fourth-order valence-electron chi connectivity index (χ4n) is 1.93. The Kier molecular flexibility index (Phi) is 4.58. The van der Waals surface area contributed by atoms with Crippen LogP contribution >= 0.6 is 0 Å². The number of rotatable bonds is 6. The summed E-state index contributed by atoms with van der Waals surface area (Å²) < 4.78 is 1.73. The number of hydrogen-bond acceptors (Lipinski definition) is 3. The molecule has 4 heteroatoms. The quantitative estimate of drug-likeness (QED) is 0.838. The topological polar surface area (TPSA) is 50.1 Å². The summed E-state index contributed by atoms with van der Waals surface area (Å²) in [6, 6.07) is 10.2. The lowest BCUT2D eigenvalue weighted by molar-refractivity contribution is 0.161. The monoisotopic (exact) mass is 259 g/mol. The van der Waals surface area contributed by atoms with Crippen LogP contribution in [0.2, 0.25) is 0 Å². The Morgan fingerprint density at radius 1 is 1.32 bits per heavy atom. The molecular weight excluding hydrogens is 238 g/mol. The molecule has 1 heterocycles. The third-order valence-corrected chi connectivity index (χ3v) is 3.05. The third-order valence-electron chi connectivity index (χ3n) is 3.05. The summed E-state index contributed by atoms with van der Waals surface area (Å²) in [7, 11) is 0. The van der Waals surface area contributed by atoms with E-state index in [1.807, 2.05) is 24.4 Å². The van der Waals surface area contributed by atoms with Gasteiger partial charge in [-0.1, -0.05) is 26.0 Å². The molecule has 19 heavy (non-hydrogen) atoms. The highest BCUT2D eigenvalue weighted by atomic mass is 16.3. The van der Waals surface area contributed by atoms with E-state index in [1.165, 1.54) is 5.56 Å². The second kappa shape index (κ2) is 6.38. The molecular formula is C15H21N3O. The first kappa shape index (κ1) is 13.6. The summed E-state index contributed by atoms with van der Waals surface area (Å²) in [6.07, 6.45) is 3.11. The SMILES string of the molecule is CC(C)c1cccc(NCC(O)Cn2cccn2)c1. The predicted octanol–water partition coefficient (Wildman–Crippen LogP) is 2.48. The van der Waals surface area contributed by atoms with Gasteiger partial charge in [-0.05, 0) is 29.7 Å². The smallest absolute Gasteiger partial charge is 0.0907 e. The van der Waals surface area contributed by atoms with E-state index in [9.17, 15) is 5.11 Å². The summed E-state index contributed by atoms with van der Waals surface area (Å²) in [5.74, 6) is 0.510. The van der Waals surface area contributed by atoms with Crippen LogP contribution < -0.4 is 5.32 Å². The van der Waals surface area contributed by atoms with Crippen LogP contribution in [-0.4, -0.2) is 27.5 Å². The number of anilines is 1. The average Bonchev–Trinajstić information content (AvgIpc) is 2.89. The molecule has 4 nitrogen and oxygen atoms in total. The second-order valence-corrected chi connectivity index (χ2v) is 5.04. The van der Waals surface area contributed by atoms with E-state index in [0.717, 1.165) is 5.69 Å². The van der Waals surface area contributed by atoms with Crippen molar-refractivity contribution in [1.29, 1.82) is 0 Å². The normalized spacial score (nSPS) is 12.6. The van der Waals surface area contributed by atoms with E-state index in [-0.39, 0.29) is 0 Å². The number of benzene rings is 1. The van der Waals surface area contributed by atoms with Crippen LogP contribution in [0.4, 0.5) is 5.69 Å². The molecule has 0 spiro atoms. The van der Waals surface area contributed by atoms with Gasteiger partial charge in [0.05, 0.1) is 12.6 Å². The Labute approximate surface area is 114 Å². The van der Waals surface area contributed by atoms with Crippen LogP contribution in [0.5, 0.6) is 0 Å². The van der Waals surface area contributed by atoms with Gasteiger partial charge in [0.2, 0.25) is 0 Å². The van der Waals surface area contributed by atoms with Crippen molar-refractivity contribution >= 4 is 5.69 Å². The first-order chi connectivity index (χ1) is 9.15. The van der Waals surface area contributed by atoms with E-state index in [4.69, 9.17) is 0 Å². The van der Waals surface area contributed by atoms with Crippen molar-refractivity contribution in [3.63, 3.8) is 0 Å². The summed E-state index contributed by atoms with van der Waals surface area (Å²) in [4.78, 5) is 0. The first-order valence-electron chi connectivity index (χ1n) is 6.64. The van der Waals surface area contributed by atoms with Gasteiger partial charge in [0.25, 0.3) is 0 Å². The summed E-state index contributed by atoms with van der Waals surface area (Å²) >= 11 is 0. The molecule has 0 saturated heterocycles. The molecule has 1 atom stereocenters. The average molecular weight is 259 g/mol. The zero-order chi connectivity index (χ0) is 13.7. The lowest BCUT2D eigenvalue weighted by Crippen LogP contribution is -2.25. The Morgan fingerprint density at radius 2 is 2.16 bits per heavy atom. The summed E-state index contributed by atoms with van der Waals surface area (Å²) in [5.41, 5.74) is 2.34. The molecule has 102 valence electrons. The standard InChI is InChI=1S/C15H21N3O/c1-12(2)13-5-3-6-14(9-13)16-10-15(19)11-18-8-4-7-17-18/h3-9,12,15-16,19H,10-11H2,1-2H3. The lowest BCUT2D eigenvalue weighted by atomic mass is 10.0. The molecule has 2 aromatic rings. The van der Waals surface area contributed by atoms with Gasteiger partial charge in [0.15, 0.2) is 0 Å². The highest BCUT2D eigenvalue weighted by Gasteiger charge is 2.06. The Hall–Kier alpha value is -1.81. The van der Waals surface area contributed by atoms with Crippen molar-refractivity contribution in [3.8, 4) is 0 Å². The van der Waals surface area contributed by atoms with Gasteiger partial charge in [-0.25, -0.2) is 0 Å². The molecule has 0 amide bonds. The van der Waals surface area contributed by atoms with Crippen molar-refractivity contribution < 1.29 is 5.11 Å². The molecule has 0 aliphatic carbocycles. The van der Waals surface area contributed by atoms with Crippen molar-refractivity contribution in [1.82, 2.24) is 9.78 Å². The fraction of sp³-hybridized carbons (Fsp3) is 0.400. The van der Waals surface area contributed by atoms with E-state index in [1.54, 1.807) is 10.9 Å². The molecule has 0 fully saturated rings. The van der Waals surface area contributed by atoms with Crippen molar-refractivity contribution in [2.45, 2.75) is 32.4 Å². The number of aromatic nitrogens is 2. The minimum Gasteiger partial charge on any atom is -0.389 e. The van der Waals surface area contributed by atoms with Crippen LogP contribution in [0.3, 0.4) is 0 Å². The lowest BCUT2D eigenvalue weighted by Gasteiger charge is -2.14. The van der Waals surface area contributed by atoms with E-state index in [2.05, 4.69) is 36.4 Å². The van der Waals surface area contributed by atoms with E-state index in [0.29, 0.717) is 19.0 Å². The number of nitrogens with zero attached hydrogens (tertiary/aromatic N) is 2. The highest BCUT2D eigenvalue weighted by Crippen LogP contribution is 2.18. The number of hydrogen-bond donors (Lipinski definition) is 2. The van der Waals surface area contributed by atoms with Crippen molar-refractivity contribution in [3.05, 3.63) is 48.3 Å². The fourth-order valence-corrected chi connectivity index (χ4v) is 1.93. The molecule has 0 radical (unpaired) electrons. The van der Waals surface area contributed by atoms with Crippen LogP contribution in [0.1, 0.15) is 25.3 Å². The minimum atomic E-state index is -0.456. The van der Waals surface area contributed by atoms with Gasteiger partial charge in [-0.2, -0.15) is 5.10 Å². The zero-order valence-electron chi connectivity index (χ0n) is 11.5. The maximum absolute atomic E-state index is 9.94. The molecule has 0 bridgehead atoms. The number of aliphatic hydroxyl groups excluding tert-OH is 1. The Balaban J connectivity index is 1.86. The first-order valence-corrected chi connectivity index (χ1v) is 6.64. The van der Waals surface area contributed by atoms with Crippen LogP contribution in [0.15, 0.2) is 42.7 Å². The van der Waals surface area contributed by atoms with Gasteiger partial charge in [0, 0.05) is 24.6 Å². The van der Waals surface area contributed by atoms with Crippen LogP contribution in [0, 0.1) is 0 Å². The molecule has 2 rings (SSSR count). The van der Waals surface area contributed by atoms with Crippen molar-refractivity contribution in [2.75, 3.05) is 11.9 Å². The molecule has 0 saturated carbocycles. The Bertz CT molecular complexity index is 494. The van der Waals surface area contributed by atoms with Crippen LogP contribution in [0.25, 0.3) is 0 Å². The summed E-state index contributed by atoms with van der Waals surface area (Å²) in [6.45, 7) is 5.36. The molecule has 0 aliphatic heterocycles. The zero-order valence-corrected chi connectivity index (χ0v) is 11.5. The van der Waals surface area contributed by atoms with Crippen LogP contribution in [-0.2, 0) is 6.54 Å². The maximum Gasteiger partial charge on any atom is 0.0907 e. The molecule has 1 aromatic carbocycles. The van der Waals surface area contributed by atoms with Gasteiger partial charge in [0.1, 0.15) is 0 Å². The van der Waals surface area contributed by atoms with Gasteiger partial charge < -0.3 is 10.4 Å². The second-order valence-electron chi connectivity index (χ2n) is 5.04. The van der Waals surface area contributed by atoms with Gasteiger partial charge >= 0.3 is 0 Å². The highest BCUT2D eigenvalue weighted by molar-refractivity contribution is 5.46. The molecule has 2 N–H and O–H groups in total. The van der Waals surface area contributed by atoms with E-state index < -0.39 is 6.10 Å². The largest absolute Gasteiger partial charge is 0.389 e. The van der Waals surface area contributed by atoms with Gasteiger partial charge in [-0.3, -0.25) is 4.68 Å². The number of nitrogens with one attached hydrogen (secondary N) is 1. The third kappa shape index (κ3) is 4.10.